The zero-order valence-corrected chi connectivity index (χ0v) is 14.2. The molecule has 0 spiro atoms. The maximum Gasteiger partial charge on any atom is 0.282 e. The summed E-state index contributed by atoms with van der Waals surface area (Å²) >= 11 is 1.63. The van der Waals surface area contributed by atoms with Gasteiger partial charge in [0.25, 0.3) is 5.56 Å². The molecule has 0 saturated heterocycles. The number of nitrogens with zero attached hydrogens (tertiary/aromatic N) is 4. The summed E-state index contributed by atoms with van der Waals surface area (Å²) in [4.78, 5) is 17.6. The van der Waals surface area contributed by atoms with Gasteiger partial charge < -0.3 is 0 Å². The zero-order chi connectivity index (χ0) is 16.2. The van der Waals surface area contributed by atoms with Gasteiger partial charge in [-0.2, -0.15) is 5.10 Å². The average Bonchev–Trinajstić information content (AvgIpc) is 3.00. The Morgan fingerprint density at radius 2 is 1.96 bits per heavy atom. The third-order valence-corrected chi connectivity index (χ3v) is 4.76. The van der Waals surface area contributed by atoms with Crippen LogP contribution in [-0.2, 0) is 13.1 Å². The molecule has 6 heteroatoms. The second-order valence-corrected chi connectivity index (χ2v) is 6.40. The van der Waals surface area contributed by atoms with Crippen LogP contribution in [0.2, 0.25) is 0 Å². The Bertz CT molecular complexity index is 854. The van der Waals surface area contributed by atoms with Crippen LogP contribution in [0.4, 0.5) is 0 Å². The number of hydrogen-bond donors (Lipinski definition) is 0. The minimum atomic E-state index is -0.0651. The molecule has 0 fully saturated rings. The molecule has 0 N–H and O–H groups in total. The molecule has 0 aliphatic heterocycles. The van der Waals surface area contributed by atoms with Crippen LogP contribution in [-0.4, -0.2) is 25.1 Å². The van der Waals surface area contributed by atoms with Crippen molar-refractivity contribution in [2.24, 2.45) is 0 Å². The van der Waals surface area contributed by atoms with E-state index in [0.29, 0.717) is 17.6 Å². The van der Waals surface area contributed by atoms with Crippen molar-refractivity contribution in [3.63, 3.8) is 0 Å². The Balaban J connectivity index is 2.11. The minimum Gasteiger partial charge on any atom is -0.281 e. The lowest BCUT2D eigenvalue weighted by atomic mass is 10.2. The molecule has 0 aliphatic carbocycles. The largest absolute Gasteiger partial charge is 0.282 e. The van der Waals surface area contributed by atoms with E-state index in [0.717, 1.165) is 29.4 Å². The predicted octanol–water partition coefficient (Wildman–Crippen LogP) is 3.16. The number of rotatable bonds is 6. The van der Waals surface area contributed by atoms with Gasteiger partial charge in [0.1, 0.15) is 5.52 Å². The van der Waals surface area contributed by atoms with Gasteiger partial charge in [0.05, 0.1) is 12.7 Å². The molecule has 2 heterocycles. The highest BCUT2D eigenvalue weighted by Crippen LogP contribution is 2.19. The Morgan fingerprint density at radius 3 is 2.65 bits per heavy atom. The van der Waals surface area contributed by atoms with E-state index in [4.69, 9.17) is 0 Å². The van der Waals surface area contributed by atoms with Crippen LogP contribution in [0, 0.1) is 0 Å². The van der Waals surface area contributed by atoms with Crippen LogP contribution >= 0.6 is 11.8 Å². The third-order valence-electron chi connectivity index (χ3n) is 3.58. The van der Waals surface area contributed by atoms with E-state index in [1.807, 2.05) is 43.5 Å². The van der Waals surface area contributed by atoms with E-state index < -0.39 is 0 Å². The van der Waals surface area contributed by atoms with Gasteiger partial charge in [-0.05, 0) is 18.9 Å². The van der Waals surface area contributed by atoms with Crippen molar-refractivity contribution in [3.8, 4) is 0 Å². The summed E-state index contributed by atoms with van der Waals surface area (Å²) < 4.78 is 3.51. The standard InChI is InChI=1S/C17H20N4OS/c1-3-10-23-17-18-14-12-20(4-2)19-15(14)16(22)21(17)11-13-8-6-5-7-9-13/h5-9,12H,3-4,10-11H2,1-2H3. The lowest BCUT2D eigenvalue weighted by molar-refractivity contribution is 0.650. The summed E-state index contributed by atoms with van der Waals surface area (Å²) in [6.07, 6.45) is 2.89. The van der Waals surface area contributed by atoms with Crippen molar-refractivity contribution in [1.29, 1.82) is 0 Å². The van der Waals surface area contributed by atoms with Crippen LogP contribution in [0.5, 0.6) is 0 Å². The molecule has 23 heavy (non-hydrogen) atoms. The van der Waals surface area contributed by atoms with Gasteiger partial charge in [0.15, 0.2) is 10.7 Å². The van der Waals surface area contributed by atoms with Gasteiger partial charge in [-0.1, -0.05) is 49.0 Å². The van der Waals surface area contributed by atoms with Gasteiger partial charge in [-0.3, -0.25) is 14.0 Å². The Labute approximate surface area is 139 Å². The maximum atomic E-state index is 12.9. The molecule has 0 radical (unpaired) electrons. The minimum absolute atomic E-state index is 0.0651. The lowest BCUT2D eigenvalue weighted by Gasteiger charge is -2.11. The molecular weight excluding hydrogens is 308 g/mol. The molecule has 120 valence electrons. The molecular formula is C17H20N4OS. The monoisotopic (exact) mass is 328 g/mol. The van der Waals surface area contributed by atoms with Crippen molar-refractivity contribution in [2.45, 2.75) is 38.5 Å². The van der Waals surface area contributed by atoms with E-state index in [-0.39, 0.29) is 5.56 Å². The molecule has 0 unspecified atom stereocenters. The summed E-state index contributed by atoms with van der Waals surface area (Å²) in [5.41, 5.74) is 2.15. The molecule has 5 nitrogen and oxygen atoms in total. The molecule has 2 aromatic heterocycles. The van der Waals surface area contributed by atoms with Crippen LogP contribution in [0.25, 0.3) is 11.0 Å². The molecule has 3 aromatic rings. The normalized spacial score (nSPS) is 11.2. The fourth-order valence-electron chi connectivity index (χ4n) is 2.39. The first-order valence-electron chi connectivity index (χ1n) is 7.87. The summed E-state index contributed by atoms with van der Waals surface area (Å²) in [7, 11) is 0. The second-order valence-electron chi connectivity index (χ2n) is 5.34. The summed E-state index contributed by atoms with van der Waals surface area (Å²) in [5, 5.41) is 5.13. The predicted molar refractivity (Wildman–Crippen MR) is 94.0 cm³/mol. The number of aryl methyl sites for hydroxylation is 1. The Morgan fingerprint density at radius 1 is 1.17 bits per heavy atom. The smallest absolute Gasteiger partial charge is 0.281 e. The van der Waals surface area contributed by atoms with Gasteiger partial charge in [0.2, 0.25) is 0 Å². The number of hydrogen-bond acceptors (Lipinski definition) is 4. The molecule has 0 saturated carbocycles. The van der Waals surface area contributed by atoms with Gasteiger partial charge in [0, 0.05) is 12.3 Å². The van der Waals surface area contributed by atoms with Crippen molar-refractivity contribution in [2.75, 3.05) is 5.75 Å². The highest BCUT2D eigenvalue weighted by atomic mass is 32.2. The number of aromatic nitrogens is 4. The van der Waals surface area contributed by atoms with Crippen molar-refractivity contribution in [3.05, 3.63) is 52.4 Å². The molecule has 3 rings (SSSR count). The van der Waals surface area contributed by atoms with Crippen LogP contribution in [0.3, 0.4) is 0 Å². The van der Waals surface area contributed by atoms with Crippen molar-refractivity contribution in [1.82, 2.24) is 19.3 Å². The van der Waals surface area contributed by atoms with E-state index in [1.165, 1.54) is 0 Å². The summed E-state index contributed by atoms with van der Waals surface area (Å²) in [5.74, 6) is 0.939. The molecule has 0 atom stereocenters. The first-order chi connectivity index (χ1) is 11.2. The fraction of sp³-hybridized carbons (Fsp3) is 0.353. The maximum absolute atomic E-state index is 12.9. The Hall–Kier alpha value is -2.08. The number of benzene rings is 1. The quantitative estimate of drug-likeness (QED) is 0.515. The van der Waals surface area contributed by atoms with Gasteiger partial charge >= 0.3 is 0 Å². The van der Waals surface area contributed by atoms with Gasteiger partial charge in [-0.25, -0.2) is 4.98 Å². The van der Waals surface area contributed by atoms with Crippen LogP contribution < -0.4 is 5.56 Å². The fourth-order valence-corrected chi connectivity index (χ4v) is 3.25. The summed E-state index contributed by atoms with van der Waals surface area (Å²) in [6.45, 7) is 5.38. The van der Waals surface area contributed by atoms with Crippen molar-refractivity contribution >= 4 is 22.8 Å². The SMILES string of the molecule is CCCSc1nc2cn(CC)nc2c(=O)n1Cc1ccccc1. The highest BCUT2D eigenvalue weighted by Gasteiger charge is 2.14. The molecule has 0 aliphatic rings. The van der Waals surface area contributed by atoms with E-state index in [2.05, 4.69) is 17.0 Å². The summed E-state index contributed by atoms with van der Waals surface area (Å²) in [6, 6.07) is 9.99. The third kappa shape index (κ3) is 3.32. The zero-order valence-electron chi connectivity index (χ0n) is 13.4. The highest BCUT2D eigenvalue weighted by molar-refractivity contribution is 7.99. The number of thioether (sulfide) groups is 1. The van der Waals surface area contributed by atoms with E-state index >= 15 is 0 Å². The first-order valence-corrected chi connectivity index (χ1v) is 8.86. The first kappa shape index (κ1) is 15.8. The van der Waals surface area contributed by atoms with Crippen LogP contribution in [0.1, 0.15) is 25.8 Å². The lowest BCUT2D eigenvalue weighted by Crippen LogP contribution is -2.24. The molecule has 0 amide bonds. The van der Waals surface area contributed by atoms with E-state index in [1.54, 1.807) is 21.0 Å². The van der Waals surface area contributed by atoms with Crippen LogP contribution in [0.15, 0.2) is 46.5 Å². The number of fused-ring (bicyclic) bond motifs is 1. The van der Waals surface area contributed by atoms with Gasteiger partial charge in [-0.15, -0.1) is 0 Å². The van der Waals surface area contributed by atoms with Crippen molar-refractivity contribution < 1.29 is 0 Å². The molecule has 1 aromatic carbocycles. The molecule has 0 bridgehead atoms. The average molecular weight is 328 g/mol. The Kier molecular flexibility index (Phi) is 4.81. The topological polar surface area (TPSA) is 52.7 Å². The van der Waals surface area contributed by atoms with E-state index in [9.17, 15) is 4.79 Å². The second kappa shape index (κ2) is 7.00.